The Labute approximate surface area is 127 Å². The molecule has 1 aromatic rings. The van der Waals surface area contributed by atoms with Gasteiger partial charge in [-0.05, 0) is 62.1 Å². The lowest BCUT2D eigenvalue weighted by Gasteiger charge is -2.21. The minimum atomic E-state index is -0.0212. The van der Waals surface area contributed by atoms with E-state index in [1.165, 1.54) is 55.2 Å². The van der Waals surface area contributed by atoms with Gasteiger partial charge in [0.15, 0.2) is 0 Å². The van der Waals surface area contributed by atoms with Crippen LogP contribution in [0.4, 0.5) is 4.79 Å². The number of benzene rings is 1. The Morgan fingerprint density at radius 1 is 1.10 bits per heavy atom. The van der Waals surface area contributed by atoms with Gasteiger partial charge >= 0.3 is 6.03 Å². The molecule has 0 aromatic heterocycles. The number of hydrogen-bond donors (Lipinski definition) is 2. The number of carbonyl (C=O) groups is 1. The fourth-order valence-electron chi connectivity index (χ4n) is 3.60. The third kappa shape index (κ3) is 3.58. The highest BCUT2D eigenvalue weighted by Gasteiger charge is 2.19. The maximum atomic E-state index is 12.0. The molecule has 2 aliphatic carbocycles. The molecular weight excluding hydrogens is 260 g/mol. The number of fused-ring (bicyclic) bond motifs is 1. The van der Waals surface area contributed by atoms with E-state index in [0.717, 1.165) is 12.8 Å². The summed E-state index contributed by atoms with van der Waals surface area (Å²) in [5, 5.41) is 6.17. The van der Waals surface area contributed by atoms with Crippen LogP contribution >= 0.6 is 0 Å². The molecule has 114 valence electrons. The standard InChI is InChI=1S/C18H26N2O/c1-13(19-18(21)20-17-8-4-5-9-17)15-11-10-14-6-2-3-7-16(14)12-15/h10-13,17H,2-9H2,1H3,(H2,19,20,21). The van der Waals surface area contributed by atoms with Gasteiger partial charge in [-0.2, -0.15) is 0 Å². The van der Waals surface area contributed by atoms with E-state index < -0.39 is 0 Å². The first-order chi connectivity index (χ1) is 10.2. The SMILES string of the molecule is CC(NC(=O)NC1CCCC1)c1ccc2c(c1)CCCC2. The van der Waals surface area contributed by atoms with E-state index in [4.69, 9.17) is 0 Å². The zero-order chi connectivity index (χ0) is 14.7. The fourth-order valence-corrected chi connectivity index (χ4v) is 3.60. The Morgan fingerprint density at radius 2 is 1.81 bits per heavy atom. The average molecular weight is 286 g/mol. The van der Waals surface area contributed by atoms with Gasteiger partial charge in [-0.15, -0.1) is 0 Å². The lowest BCUT2D eigenvalue weighted by molar-refractivity contribution is 0.234. The van der Waals surface area contributed by atoms with Gasteiger partial charge < -0.3 is 10.6 Å². The number of nitrogens with one attached hydrogen (secondary N) is 2. The van der Waals surface area contributed by atoms with Crippen LogP contribution in [-0.4, -0.2) is 12.1 Å². The lowest BCUT2D eigenvalue weighted by atomic mass is 9.89. The quantitative estimate of drug-likeness (QED) is 0.870. The van der Waals surface area contributed by atoms with Crippen molar-refractivity contribution in [2.24, 2.45) is 0 Å². The van der Waals surface area contributed by atoms with Crippen molar-refractivity contribution in [3.8, 4) is 0 Å². The predicted octanol–water partition coefficient (Wildman–Crippen LogP) is 3.87. The maximum Gasteiger partial charge on any atom is 0.315 e. The molecule has 0 saturated heterocycles. The van der Waals surface area contributed by atoms with Crippen LogP contribution in [0.15, 0.2) is 18.2 Å². The molecule has 3 rings (SSSR count). The smallest absolute Gasteiger partial charge is 0.315 e. The maximum absolute atomic E-state index is 12.0. The summed E-state index contributed by atoms with van der Waals surface area (Å²) in [6.07, 6.45) is 9.73. The van der Waals surface area contributed by atoms with Crippen LogP contribution in [0.3, 0.4) is 0 Å². The number of amides is 2. The molecule has 1 fully saturated rings. The van der Waals surface area contributed by atoms with Crippen LogP contribution in [0.25, 0.3) is 0 Å². The van der Waals surface area contributed by atoms with Gasteiger partial charge in [0.05, 0.1) is 6.04 Å². The monoisotopic (exact) mass is 286 g/mol. The van der Waals surface area contributed by atoms with Crippen molar-refractivity contribution in [1.29, 1.82) is 0 Å². The highest BCUT2D eigenvalue weighted by Crippen LogP contribution is 2.25. The van der Waals surface area contributed by atoms with Crippen molar-refractivity contribution in [2.45, 2.75) is 70.4 Å². The summed E-state index contributed by atoms with van der Waals surface area (Å²) >= 11 is 0. The van der Waals surface area contributed by atoms with E-state index in [1.54, 1.807) is 0 Å². The van der Waals surface area contributed by atoms with E-state index >= 15 is 0 Å². The zero-order valence-electron chi connectivity index (χ0n) is 13.0. The molecular formula is C18H26N2O. The highest BCUT2D eigenvalue weighted by atomic mass is 16.2. The van der Waals surface area contributed by atoms with E-state index in [2.05, 4.69) is 35.8 Å². The second kappa shape index (κ2) is 6.50. The second-order valence-corrected chi connectivity index (χ2v) is 6.56. The first-order valence-corrected chi connectivity index (χ1v) is 8.41. The summed E-state index contributed by atoms with van der Waals surface area (Å²) in [5.41, 5.74) is 4.19. The molecule has 0 bridgehead atoms. The van der Waals surface area contributed by atoms with Crippen molar-refractivity contribution >= 4 is 6.03 Å². The zero-order valence-corrected chi connectivity index (χ0v) is 13.0. The molecule has 3 heteroatoms. The largest absolute Gasteiger partial charge is 0.335 e. The van der Waals surface area contributed by atoms with E-state index in [9.17, 15) is 4.79 Å². The van der Waals surface area contributed by atoms with Gasteiger partial charge in [0.1, 0.15) is 0 Å². The van der Waals surface area contributed by atoms with Crippen molar-refractivity contribution in [2.75, 3.05) is 0 Å². The second-order valence-electron chi connectivity index (χ2n) is 6.56. The van der Waals surface area contributed by atoms with Crippen LogP contribution in [-0.2, 0) is 12.8 Å². The molecule has 0 heterocycles. The molecule has 0 aliphatic heterocycles. The average Bonchev–Trinajstić information content (AvgIpc) is 2.99. The number of rotatable bonds is 3. The molecule has 2 amide bonds. The number of carbonyl (C=O) groups excluding carboxylic acids is 1. The Balaban J connectivity index is 1.59. The summed E-state index contributed by atoms with van der Waals surface area (Å²) in [5.74, 6) is 0. The lowest BCUT2D eigenvalue weighted by Crippen LogP contribution is -2.41. The highest BCUT2D eigenvalue weighted by molar-refractivity contribution is 5.74. The van der Waals surface area contributed by atoms with Gasteiger partial charge in [-0.3, -0.25) is 0 Å². The summed E-state index contributed by atoms with van der Waals surface area (Å²) < 4.78 is 0. The summed E-state index contributed by atoms with van der Waals surface area (Å²) in [6, 6.07) is 7.13. The van der Waals surface area contributed by atoms with Crippen LogP contribution in [0, 0.1) is 0 Å². The normalized spacial score (nSPS) is 19.9. The Bertz CT molecular complexity index is 506. The molecule has 1 atom stereocenters. The van der Waals surface area contributed by atoms with Crippen molar-refractivity contribution in [3.05, 3.63) is 34.9 Å². The minimum absolute atomic E-state index is 0.0212. The molecule has 1 unspecified atom stereocenters. The van der Waals surface area contributed by atoms with E-state index in [1.807, 2.05) is 0 Å². The van der Waals surface area contributed by atoms with Crippen LogP contribution < -0.4 is 10.6 Å². The van der Waals surface area contributed by atoms with Gasteiger partial charge in [0.2, 0.25) is 0 Å². The van der Waals surface area contributed by atoms with Crippen molar-refractivity contribution in [3.63, 3.8) is 0 Å². The minimum Gasteiger partial charge on any atom is -0.335 e. The van der Waals surface area contributed by atoms with Gasteiger partial charge in [-0.25, -0.2) is 4.79 Å². The Hall–Kier alpha value is -1.51. The van der Waals surface area contributed by atoms with Crippen LogP contribution in [0.2, 0.25) is 0 Å². The molecule has 2 aliphatic rings. The van der Waals surface area contributed by atoms with Gasteiger partial charge in [-0.1, -0.05) is 31.0 Å². The van der Waals surface area contributed by atoms with Crippen molar-refractivity contribution in [1.82, 2.24) is 10.6 Å². The number of hydrogen-bond acceptors (Lipinski definition) is 1. The van der Waals surface area contributed by atoms with Crippen LogP contribution in [0.1, 0.15) is 68.2 Å². The molecule has 2 N–H and O–H groups in total. The summed E-state index contributed by atoms with van der Waals surface area (Å²) in [6.45, 7) is 2.07. The van der Waals surface area contributed by atoms with Crippen molar-refractivity contribution < 1.29 is 4.79 Å². The summed E-state index contributed by atoms with van der Waals surface area (Å²) in [4.78, 5) is 12.0. The molecule has 0 radical (unpaired) electrons. The van der Waals surface area contributed by atoms with Gasteiger partial charge in [0.25, 0.3) is 0 Å². The van der Waals surface area contributed by atoms with E-state index in [0.29, 0.717) is 6.04 Å². The van der Waals surface area contributed by atoms with Gasteiger partial charge in [0, 0.05) is 6.04 Å². The molecule has 3 nitrogen and oxygen atoms in total. The molecule has 1 aromatic carbocycles. The third-order valence-electron chi connectivity index (χ3n) is 4.91. The molecule has 0 spiro atoms. The predicted molar refractivity (Wildman–Crippen MR) is 85.4 cm³/mol. The Morgan fingerprint density at radius 3 is 2.57 bits per heavy atom. The number of aryl methyl sites for hydroxylation is 2. The molecule has 21 heavy (non-hydrogen) atoms. The Kier molecular flexibility index (Phi) is 4.47. The number of urea groups is 1. The fraction of sp³-hybridized carbons (Fsp3) is 0.611. The first-order valence-electron chi connectivity index (χ1n) is 8.41. The topological polar surface area (TPSA) is 41.1 Å². The third-order valence-corrected chi connectivity index (χ3v) is 4.91. The first kappa shape index (κ1) is 14.4. The molecule has 1 saturated carbocycles. The van der Waals surface area contributed by atoms with E-state index in [-0.39, 0.29) is 12.1 Å². The summed E-state index contributed by atoms with van der Waals surface area (Å²) in [7, 11) is 0. The van der Waals surface area contributed by atoms with Crippen LogP contribution in [0.5, 0.6) is 0 Å².